The summed E-state index contributed by atoms with van der Waals surface area (Å²) in [5.74, 6) is 2.88. The first-order chi connectivity index (χ1) is 5.83. The van der Waals surface area contributed by atoms with Crippen molar-refractivity contribution < 1.29 is 4.79 Å². The van der Waals surface area contributed by atoms with Gasteiger partial charge in [-0.15, -0.1) is 6.42 Å². The number of hydrogen-bond donors (Lipinski definition) is 0. The second-order valence-electron chi connectivity index (χ2n) is 2.95. The van der Waals surface area contributed by atoms with Crippen LogP contribution in [0.15, 0.2) is 18.3 Å². The number of rotatable bonds is 0. The van der Waals surface area contributed by atoms with E-state index >= 15 is 0 Å². The summed E-state index contributed by atoms with van der Waals surface area (Å²) in [5, 5.41) is 0. The highest BCUT2D eigenvalue weighted by Gasteiger charge is 2.22. The van der Waals surface area contributed by atoms with Crippen LogP contribution in [0.1, 0.15) is 29.4 Å². The molecular formula is C10H9NO. The molecule has 2 rings (SSSR count). The monoisotopic (exact) mass is 159 g/mol. The molecule has 0 aliphatic carbocycles. The summed E-state index contributed by atoms with van der Waals surface area (Å²) in [7, 11) is 0. The van der Waals surface area contributed by atoms with Gasteiger partial charge in [0.25, 0.3) is 0 Å². The Labute approximate surface area is 71.2 Å². The van der Waals surface area contributed by atoms with E-state index < -0.39 is 0 Å². The molecule has 2 heterocycles. The third-order valence-electron chi connectivity index (χ3n) is 2.24. The highest BCUT2D eigenvalue weighted by atomic mass is 16.1. The molecule has 1 aliphatic heterocycles. The number of aromatic nitrogens is 1. The Bertz CT molecular complexity index is 356. The van der Waals surface area contributed by atoms with Gasteiger partial charge in [-0.2, -0.15) is 0 Å². The lowest BCUT2D eigenvalue weighted by atomic mass is 10.0. The zero-order chi connectivity index (χ0) is 8.55. The van der Waals surface area contributed by atoms with Crippen molar-refractivity contribution in [3.8, 4) is 12.3 Å². The lowest BCUT2D eigenvalue weighted by molar-refractivity contribution is 0.0950. The molecule has 0 N–H and O–H groups in total. The second kappa shape index (κ2) is 2.53. The van der Waals surface area contributed by atoms with E-state index in [2.05, 4.69) is 5.92 Å². The van der Waals surface area contributed by atoms with Gasteiger partial charge in [-0.1, -0.05) is 5.92 Å². The second-order valence-corrected chi connectivity index (χ2v) is 2.95. The molecule has 0 saturated heterocycles. The number of terminal acetylenes is 1. The summed E-state index contributed by atoms with van der Waals surface area (Å²) < 4.78 is 1.88. The van der Waals surface area contributed by atoms with E-state index in [1.54, 1.807) is 0 Å². The molecule has 60 valence electrons. The maximum atomic E-state index is 11.3. The molecule has 0 radical (unpaired) electrons. The minimum absolute atomic E-state index is 0.0766. The van der Waals surface area contributed by atoms with Crippen LogP contribution in [0.25, 0.3) is 0 Å². The van der Waals surface area contributed by atoms with Gasteiger partial charge in [0.15, 0.2) is 5.78 Å². The maximum Gasteiger partial charge on any atom is 0.179 e. The quantitative estimate of drug-likeness (QED) is 0.527. The van der Waals surface area contributed by atoms with Crippen LogP contribution in [0, 0.1) is 12.3 Å². The molecule has 0 saturated carbocycles. The average molecular weight is 159 g/mol. The minimum Gasteiger partial charge on any atom is -0.331 e. The normalized spacial score (nSPS) is 21.6. The van der Waals surface area contributed by atoms with Crippen LogP contribution in [0.5, 0.6) is 0 Å². The van der Waals surface area contributed by atoms with Crippen LogP contribution in [0.2, 0.25) is 0 Å². The van der Waals surface area contributed by atoms with Gasteiger partial charge in [0, 0.05) is 12.6 Å². The van der Waals surface area contributed by atoms with Gasteiger partial charge < -0.3 is 4.57 Å². The Morgan fingerprint density at radius 1 is 1.67 bits per heavy atom. The van der Waals surface area contributed by atoms with Gasteiger partial charge in [0.05, 0.1) is 11.7 Å². The number of carbonyl (C=O) groups excluding carboxylic acids is 1. The molecule has 1 aromatic rings. The molecule has 2 nitrogen and oxygen atoms in total. The lowest BCUT2D eigenvalue weighted by Crippen LogP contribution is -2.20. The Balaban J connectivity index is 2.51. The van der Waals surface area contributed by atoms with E-state index in [1.165, 1.54) is 0 Å². The van der Waals surface area contributed by atoms with Crippen molar-refractivity contribution in [1.82, 2.24) is 4.57 Å². The number of fused-ring (bicyclic) bond motifs is 1. The first kappa shape index (κ1) is 7.17. The molecular weight excluding hydrogens is 150 g/mol. The SMILES string of the molecule is C#CC1CCC(=O)c2cccn21. The summed E-state index contributed by atoms with van der Waals surface area (Å²) in [4.78, 5) is 11.3. The fraction of sp³-hybridized carbons (Fsp3) is 0.300. The van der Waals surface area contributed by atoms with Crippen molar-refractivity contribution in [2.24, 2.45) is 0 Å². The Kier molecular flexibility index (Phi) is 1.51. The van der Waals surface area contributed by atoms with Gasteiger partial charge in [0.1, 0.15) is 0 Å². The van der Waals surface area contributed by atoms with Crippen molar-refractivity contribution in [2.45, 2.75) is 18.9 Å². The number of ketones is 1. The van der Waals surface area contributed by atoms with E-state index in [0.29, 0.717) is 6.42 Å². The van der Waals surface area contributed by atoms with Gasteiger partial charge in [-0.3, -0.25) is 4.79 Å². The molecule has 0 spiro atoms. The molecule has 12 heavy (non-hydrogen) atoms. The Morgan fingerprint density at radius 3 is 3.25 bits per heavy atom. The van der Waals surface area contributed by atoms with E-state index in [0.717, 1.165) is 12.1 Å². The fourth-order valence-electron chi connectivity index (χ4n) is 1.60. The molecule has 1 aliphatic rings. The van der Waals surface area contributed by atoms with Crippen molar-refractivity contribution in [3.05, 3.63) is 24.0 Å². The maximum absolute atomic E-state index is 11.3. The van der Waals surface area contributed by atoms with Crippen LogP contribution in [-0.4, -0.2) is 10.4 Å². The Morgan fingerprint density at radius 2 is 2.50 bits per heavy atom. The third kappa shape index (κ3) is 0.868. The fourth-order valence-corrected chi connectivity index (χ4v) is 1.60. The molecule has 0 fully saturated rings. The largest absolute Gasteiger partial charge is 0.331 e. The van der Waals surface area contributed by atoms with Crippen LogP contribution in [0.4, 0.5) is 0 Å². The molecule has 2 heteroatoms. The summed E-state index contributed by atoms with van der Waals surface area (Å²) >= 11 is 0. The topological polar surface area (TPSA) is 22.0 Å². The van der Waals surface area contributed by atoms with E-state index in [9.17, 15) is 4.79 Å². The van der Waals surface area contributed by atoms with Crippen LogP contribution in [-0.2, 0) is 0 Å². The zero-order valence-electron chi connectivity index (χ0n) is 6.66. The van der Waals surface area contributed by atoms with Crippen molar-refractivity contribution in [1.29, 1.82) is 0 Å². The van der Waals surface area contributed by atoms with Gasteiger partial charge >= 0.3 is 0 Å². The zero-order valence-corrected chi connectivity index (χ0v) is 6.66. The first-order valence-electron chi connectivity index (χ1n) is 3.99. The molecule has 0 amide bonds. The first-order valence-corrected chi connectivity index (χ1v) is 3.99. The van der Waals surface area contributed by atoms with E-state index in [4.69, 9.17) is 6.42 Å². The predicted molar refractivity (Wildman–Crippen MR) is 45.9 cm³/mol. The summed E-state index contributed by atoms with van der Waals surface area (Å²) in [6.07, 6.45) is 8.57. The molecule has 0 bridgehead atoms. The molecule has 0 aromatic carbocycles. The smallest absolute Gasteiger partial charge is 0.179 e. The van der Waals surface area contributed by atoms with Crippen molar-refractivity contribution in [3.63, 3.8) is 0 Å². The van der Waals surface area contributed by atoms with Crippen LogP contribution in [0.3, 0.4) is 0 Å². The molecule has 1 aromatic heterocycles. The standard InChI is InChI=1S/C10H9NO/c1-2-8-5-6-10(12)9-4-3-7-11(8)9/h1,3-4,7-8H,5-6H2. The average Bonchev–Trinajstić information content (AvgIpc) is 2.54. The molecule has 1 atom stereocenters. The van der Waals surface area contributed by atoms with E-state index in [1.807, 2.05) is 22.9 Å². The minimum atomic E-state index is 0.0766. The summed E-state index contributed by atoms with van der Waals surface area (Å²) in [6, 6.07) is 3.77. The number of carbonyl (C=O) groups is 1. The highest BCUT2D eigenvalue weighted by Crippen LogP contribution is 2.24. The molecule has 1 unspecified atom stereocenters. The van der Waals surface area contributed by atoms with Crippen molar-refractivity contribution >= 4 is 5.78 Å². The number of Topliss-reactive ketones (excluding diaryl/α,β-unsaturated/α-hetero) is 1. The highest BCUT2D eigenvalue weighted by molar-refractivity contribution is 5.95. The number of nitrogens with zero attached hydrogens (tertiary/aromatic N) is 1. The van der Waals surface area contributed by atoms with Gasteiger partial charge in [0.2, 0.25) is 0 Å². The van der Waals surface area contributed by atoms with Crippen LogP contribution < -0.4 is 0 Å². The predicted octanol–water partition coefficient (Wildman–Crippen LogP) is 1.64. The van der Waals surface area contributed by atoms with Crippen molar-refractivity contribution in [2.75, 3.05) is 0 Å². The summed E-state index contributed by atoms with van der Waals surface area (Å²) in [5.41, 5.74) is 0.754. The van der Waals surface area contributed by atoms with E-state index in [-0.39, 0.29) is 11.8 Å². The lowest BCUT2D eigenvalue weighted by Gasteiger charge is -2.20. The Hall–Kier alpha value is -1.49. The summed E-state index contributed by atoms with van der Waals surface area (Å²) in [6.45, 7) is 0. The van der Waals surface area contributed by atoms with Gasteiger partial charge in [-0.05, 0) is 18.6 Å². The number of hydrogen-bond acceptors (Lipinski definition) is 1. The third-order valence-corrected chi connectivity index (χ3v) is 2.24. The van der Waals surface area contributed by atoms with Gasteiger partial charge in [-0.25, -0.2) is 0 Å². The van der Waals surface area contributed by atoms with Crippen LogP contribution >= 0.6 is 0 Å².